The van der Waals surface area contributed by atoms with Gasteiger partial charge in [0.1, 0.15) is 0 Å². The highest BCUT2D eigenvalue weighted by Crippen LogP contribution is 2.46. The molecule has 0 N–H and O–H groups in total. The van der Waals surface area contributed by atoms with Crippen molar-refractivity contribution >= 4 is 0 Å². The maximum absolute atomic E-state index is 9.49. The van der Waals surface area contributed by atoms with Gasteiger partial charge in [-0.05, 0) is 25.7 Å². The van der Waals surface area contributed by atoms with Gasteiger partial charge in [-0.15, -0.1) is 0 Å². The molecule has 0 unspecified atom stereocenters. The number of nitriles is 1. The van der Waals surface area contributed by atoms with Crippen molar-refractivity contribution in [3.05, 3.63) is 0 Å². The standard InChI is InChI=1S/C15H25NO3/c1-2-3-9-17-10-8-14(13-16)4-6-15(7-5-14)18-11-12-19-15/h2-12H2,1H3. The first kappa shape index (κ1) is 14.8. The molecule has 0 aromatic rings. The smallest absolute Gasteiger partial charge is 0.168 e. The van der Waals surface area contributed by atoms with E-state index in [9.17, 15) is 5.26 Å². The van der Waals surface area contributed by atoms with Crippen LogP contribution in [0.15, 0.2) is 0 Å². The van der Waals surface area contributed by atoms with Crippen molar-refractivity contribution in [2.75, 3.05) is 26.4 Å². The molecule has 1 aliphatic heterocycles. The summed E-state index contributed by atoms with van der Waals surface area (Å²) in [6.07, 6.45) is 6.50. The Balaban J connectivity index is 1.76. The van der Waals surface area contributed by atoms with Crippen LogP contribution < -0.4 is 0 Å². The summed E-state index contributed by atoms with van der Waals surface area (Å²) in [6.45, 7) is 5.05. The third-order valence-electron chi connectivity index (χ3n) is 4.39. The predicted octanol–water partition coefficient (Wildman–Crippen LogP) is 3.02. The second kappa shape index (κ2) is 6.69. The fourth-order valence-corrected chi connectivity index (χ4v) is 2.93. The number of nitrogens with zero attached hydrogens (tertiary/aromatic N) is 1. The van der Waals surface area contributed by atoms with E-state index in [4.69, 9.17) is 14.2 Å². The highest BCUT2D eigenvalue weighted by atomic mass is 16.7. The average molecular weight is 267 g/mol. The highest BCUT2D eigenvalue weighted by molar-refractivity contribution is 5.03. The highest BCUT2D eigenvalue weighted by Gasteiger charge is 2.46. The summed E-state index contributed by atoms with van der Waals surface area (Å²) < 4.78 is 17.0. The Labute approximate surface area is 116 Å². The van der Waals surface area contributed by atoms with Crippen LogP contribution in [0.25, 0.3) is 0 Å². The quantitative estimate of drug-likeness (QED) is 0.694. The maximum Gasteiger partial charge on any atom is 0.168 e. The number of unbranched alkanes of at least 4 members (excludes halogenated alkanes) is 1. The summed E-state index contributed by atoms with van der Waals surface area (Å²) in [5.74, 6) is -0.372. The average Bonchev–Trinajstić information content (AvgIpc) is 2.90. The van der Waals surface area contributed by atoms with E-state index in [1.54, 1.807) is 0 Å². The van der Waals surface area contributed by atoms with Gasteiger partial charge in [0.2, 0.25) is 0 Å². The summed E-state index contributed by atoms with van der Waals surface area (Å²) in [5.41, 5.74) is -0.229. The second-order valence-corrected chi connectivity index (χ2v) is 5.72. The Morgan fingerprint density at radius 2 is 1.79 bits per heavy atom. The lowest BCUT2D eigenvalue weighted by atomic mass is 9.71. The van der Waals surface area contributed by atoms with Crippen LogP contribution in [0.5, 0.6) is 0 Å². The van der Waals surface area contributed by atoms with E-state index in [0.717, 1.165) is 51.6 Å². The molecule has 1 heterocycles. The molecule has 0 amide bonds. The molecule has 1 spiro atoms. The third-order valence-corrected chi connectivity index (χ3v) is 4.39. The molecule has 1 saturated carbocycles. The van der Waals surface area contributed by atoms with Crippen LogP contribution in [0.1, 0.15) is 51.9 Å². The molecule has 108 valence electrons. The molecule has 4 nitrogen and oxygen atoms in total. The van der Waals surface area contributed by atoms with Gasteiger partial charge in [-0.25, -0.2) is 0 Å². The summed E-state index contributed by atoms with van der Waals surface area (Å²) in [7, 11) is 0. The zero-order valence-corrected chi connectivity index (χ0v) is 12.0. The van der Waals surface area contributed by atoms with Crippen molar-refractivity contribution in [3.63, 3.8) is 0 Å². The lowest BCUT2D eigenvalue weighted by Gasteiger charge is -2.39. The molecule has 2 fully saturated rings. The van der Waals surface area contributed by atoms with E-state index < -0.39 is 0 Å². The van der Waals surface area contributed by atoms with E-state index >= 15 is 0 Å². The third kappa shape index (κ3) is 3.68. The van der Waals surface area contributed by atoms with Crippen LogP contribution in [0, 0.1) is 16.7 Å². The summed E-state index contributed by atoms with van der Waals surface area (Å²) in [5, 5.41) is 9.49. The van der Waals surface area contributed by atoms with Crippen LogP contribution in [0.4, 0.5) is 0 Å². The minimum atomic E-state index is -0.372. The van der Waals surface area contributed by atoms with E-state index in [-0.39, 0.29) is 11.2 Å². The molecule has 1 aliphatic carbocycles. The van der Waals surface area contributed by atoms with E-state index in [1.165, 1.54) is 0 Å². The Bertz CT molecular complexity index is 308. The molecule has 0 bridgehead atoms. The van der Waals surface area contributed by atoms with E-state index in [2.05, 4.69) is 13.0 Å². The van der Waals surface area contributed by atoms with Gasteiger partial charge in [0.15, 0.2) is 5.79 Å². The fourth-order valence-electron chi connectivity index (χ4n) is 2.93. The number of ether oxygens (including phenoxy) is 3. The van der Waals surface area contributed by atoms with Crippen molar-refractivity contribution in [3.8, 4) is 6.07 Å². The number of hydrogen-bond acceptors (Lipinski definition) is 4. The van der Waals surface area contributed by atoms with E-state index in [1.807, 2.05) is 0 Å². The van der Waals surface area contributed by atoms with Crippen LogP contribution in [0.3, 0.4) is 0 Å². The predicted molar refractivity (Wildman–Crippen MR) is 71.5 cm³/mol. The zero-order valence-electron chi connectivity index (χ0n) is 12.0. The topological polar surface area (TPSA) is 51.5 Å². The first-order valence-corrected chi connectivity index (χ1v) is 7.51. The lowest BCUT2D eigenvalue weighted by Crippen LogP contribution is -2.40. The molecule has 0 radical (unpaired) electrons. The molecular weight excluding hydrogens is 242 g/mol. The Hall–Kier alpha value is -0.630. The number of hydrogen-bond donors (Lipinski definition) is 0. The first-order chi connectivity index (χ1) is 9.24. The molecule has 1 saturated heterocycles. The molecule has 19 heavy (non-hydrogen) atoms. The molecule has 0 atom stereocenters. The maximum atomic E-state index is 9.49. The Kier molecular flexibility index (Phi) is 5.20. The lowest BCUT2D eigenvalue weighted by molar-refractivity contribution is -0.188. The van der Waals surface area contributed by atoms with Crippen molar-refractivity contribution < 1.29 is 14.2 Å². The van der Waals surface area contributed by atoms with Gasteiger partial charge in [-0.1, -0.05) is 13.3 Å². The fraction of sp³-hybridized carbons (Fsp3) is 0.933. The van der Waals surface area contributed by atoms with Crippen LogP contribution >= 0.6 is 0 Å². The second-order valence-electron chi connectivity index (χ2n) is 5.72. The molecule has 2 rings (SSSR count). The zero-order chi connectivity index (χ0) is 13.6. The Morgan fingerprint density at radius 3 is 2.37 bits per heavy atom. The van der Waals surface area contributed by atoms with Crippen LogP contribution in [0.2, 0.25) is 0 Å². The van der Waals surface area contributed by atoms with Crippen molar-refractivity contribution in [1.29, 1.82) is 5.26 Å². The summed E-state index contributed by atoms with van der Waals surface area (Å²) in [4.78, 5) is 0. The summed E-state index contributed by atoms with van der Waals surface area (Å²) in [6, 6.07) is 2.52. The van der Waals surface area contributed by atoms with Gasteiger partial charge in [0, 0.05) is 26.1 Å². The van der Waals surface area contributed by atoms with Crippen LogP contribution in [-0.4, -0.2) is 32.2 Å². The van der Waals surface area contributed by atoms with Gasteiger partial charge in [0.05, 0.1) is 24.7 Å². The molecular formula is C15H25NO3. The molecule has 4 heteroatoms. The Morgan fingerprint density at radius 1 is 1.11 bits per heavy atom. The van der Waals surface area contributed by atoms with Crippen molar-refractivity contribution in [1.82, 2.24) is 0 Å². The number of rotatable bonds is 6. The van der Waals surface area contributed by atoms with Crippen molar-refractivity contribution in [2.45, 2.75) is 57.7 Å². The minimum Gasteiger partial charge on any atom is -0.381 e. The van der Waals surface area contributed by atoms with Gasteiger partial charge in [-0.2, -0.15) is 5.26 Å². The molecule has 2 aliphatic rings. The first-order valence-electron chi connectivity index (χ1n) is 7.51. The minimum absolute atomic E-state index is 0.229. The van der Waals surface area contributed by atoms with Gasteiger partial charge in [0.25, 0.3) is 0 Å². The largest absolute Gasteiger partial charge is 0.381 e. The van der Waals surface area contributed by atoms with Gasteiger partial charge >= 0.3 is 0 Å². The molecule has 0 aromatic carbocycles. The monoisotopic (exact) mass is 267 g/mol. The molecule has 0 aromatic heterocycles. The van der Waals surface area contributed by atoms with Crippen LogP contribution in [-0.2, 0) is 14.2 Å². The van der Waals surface area contributed by atoms with E-state index in [0.29, 0.717) is 19.8 Å². The van der Waals surface area contributed by atoms with Gasteiger partial charge < -0.3 is 14.2 Å². The SMILES string of the molecule is CCCCOCCC1(C#N)CCC2(CC1)OCCO2. The van der Waals surface area contributed by atoms with Gasteiger partial charge in [-0.3, -0.25) is 0 Å². The normalized spacial score (nSPS) is 24.4. The van der Waals surface area contributed by atoms with Crippen molar-refractivity contribution in [2.24, 2.45) is 5.41 Å². The summed E-state index contributed by atoms with van der Waals surface area (Å²) >= 11 is 0.